The number of benzene rings is 2. The molecule has 0 aromatic heterocycles. The summed E-state index contributed by atoms with van der Waals surface area (Å²) in [4.78, 5) is 24.8. The van der Waals surface area contributed by atoms with E-state index in [4.69, 9.17) is 9.47 Å². The van der Waals surface area contributed by atoms with Gasteiger partial charge in [0.2, 0.25) is 10.0 Å². The van der Waals surface area contributed by atoms with Crippen LogP contribution in [0.25, 0.3) is 0 Å². The Balaban J connectivity index is 1.37. The van der Waals surface area contributed by atoms with Crippen LogP contribution >= 0.6 is 0 Å². The number of carbonyl (C=O) groups is 2. The molecule has 4 rings (SSSR count). The smallest absolute Gasteiger partial charge is 0.338 e. The van der Waals surface area contributed by atoms with E-state index in [0.29, 0.717) is 31.9 Å². The summed E-state index contributed by atoms with van der Waals surface area (Å²) in [5.41, 5.74) is 3.19. The van der Waals surface area contributed by atoms with Gasteiger partial charge in [-0.2, -0.15) is 4.31 Å². The van der Waals surface area contributed by atoms with Gasteiger partial charge in [-0.05, 0) is 60.7 Å². The molecule has 0 bridgehead atoms. The second-order valence-corrected chi connectivity index (χ2v) is 9.32. The Morgan fingerprint density at radius 2 is 1.60 bits per heavy atom. The molecule has 1 aliphatic carbocycles. The van der Waals surface area contributed by atoms with Crippen molar-refractivity contribution >= 4 is 21.8 Å². The Morgan fingerprint density at radius 1 is 0.933 bits per heavy atom. The van der Waals surface area contributed by atoms with Crippen LogP contribution in [-0.2, 0) is 32.3 Å². The Kier molecular flexibility index (Phi) is 5.99. The average Bonchev–Trinajstić information content (AvgIpc) is 3.26. The third kappa shape index (κ3) is 4.30. The van der Waals surface area contributed by atoms with Crippen LogP contribution < -0.4 is 0 Å². The number of ether oxygens (including phenoxy) is 2. The molecule has 0 N–H and O–H groups in total. The molecule has 158 valence electrons. The van der Waals surface area contributed by atoms with E-state index in [0.717, 1.165) is 19.3 Å². The van der Waals surface area contributed by atoms with Crippen molar-refractivity contribution in [3.05, 3.63) is 64.7 Å². The minimum absolute atomic E-state index is 0.107. The summed E-state index contributed by atoms with van der Waals surface area (Å²) in [5, 5.41) is 0. The highest BCUT2D eigenvalue weighted by Gasteiger charge is 2.26. The molecule has 0 radical (unpaired) electrons. The van der Waals surface area contributed by atoms with Crippen LogP contribution in [-0.4, -0.2) is 57.4 Å². The van der Waals surface area contributed by atoms with Crippen LogP contribution in [0, 0.1) is 0 Å². The van der Waals surface area contributed by atoms with Crippen molar-refractivity contribution < 1.29 is 27.5 Å². The summed E-state index contributed by atoms with van der Waals surface area (Å²) in [6.45, 7) is 0.975. The van der Waals surface area contributed by atoms with Crippen molar-refractivity contribution in [3.63, 3.8) is 0 Å². The first-order chi connectivity index (χ1) is 14.4. The highest BCUT2D eigenvalue weighted by Crippen LogP contribution is 2.23. The number of fused-ring (bicyclic) bond motifs is 1. The van der Waals surface area contributed by atoms with E-state index in [9.17, 15) is 18.0 Å². The van der Waals surface area contributed by atoms with Crippen molar-refractivity contribution in [2.45, 2.75) is 24.2 Å². The third-order valence-corrected chi connectivity index (χ3v) is 7.37. The molecule has 2 aromatic rings. The zero-order valence-electron chi connectivity index (χ0n) is 16.5. The van der Waals surface area contributed by atoms with Gasteiger partial charge in [-0.25, -0.2) is 13.2 Å². The second-order valence-electron chi connectivity index (χ2n) is 7.38. The standard InChI is InChI=1S/C22H23NO6S/c24-21(19-5-4-16-2-1-3-18(16)14-19)15-29-22(25)17-6-8-20(9-7-17)30(26,27)23-10-12-28-13-11-23/h4-9,14H,1-3,10-13,15H2. The molecule has 1 saturated heterocycles. The Labute approximate surface area is 175 Å². The van der Waals surface area contributed by atoms with Crippen LogP contribution in [0.3, 0.4) is 0 Å². The van der Waals surface area contributed by atoms with E-state index in [1.165, 1.54) is 39.7 Å². The summed E-state index contributed by atoms with van der Waals surface area (Å²) >= 11 is 0. The molecule has 0 atom stereocenters. The van der Waals surface area contributed by atoms with Gasteiger partial charge >= 0.3 is 5.97 Å². The predicted molar refractivity (Wildman–Crippen MR) is 109 cm³/mol. The minimum Gasteiger partial charge on any atom is -0.454 e. The average molecular weight is 429 g/mol. The molecule has 0 amide bonds. The predicted octanol–water partition coefficient (Wildman–Crippen LogP) is 2.24. The van der Waals surface area contributed by atoms with E-state index in [1.807, 2.05) is 12.1 Å². The van der Waals surface area contributed by atoms with Gasteiger partial charge in [0.1, 0.15) is 0 Å². The van der Waals surface area contributed by atoms with E-state index in [1.54, 1.807) is 6.07 Å². The van der Waals surface area contributed by atoms with Gasteiger partial charge in [0.15, 0.2) is 12.4 Å². The van der Waals surface area contributed by atoms with E-state index < -0.39 is 16.0 Å². The Morgan fingerprint density at radius 3 is 2.33 bits per heavy atom. The van der Waals surface area contributed by atoms with Crippen LogP contribution in [0.4, 0.5) is 0 Å². The highest BCUT2D eigenvalue weighted by atomic mass is 32.2. The topological polar surface area (TPSA) is 90.0 Å². The fraction of sp³-hybridized carbons (Fsp3) is 0.364. The molecule has 2 aromatic carbocycles. The molecule has 8 heteroatoms. The molecule has 0 saturated carbocycles. The summed E-state index contributed by atoms with van der Waals surface area (Å²) in [7, 11) is -3.62. The molecule has 2 aliphatic rings. The quantitative estimate of drug-likeness (QED) is 0.517. The lowest BCUT2D eigenvalue weighted by molar-refractivity contribution is 0.0474. The molecule has 1 fully saturated rings. The number of rotatable bonds is 6. The van der Waals surface area contributed by atoms with Crippen molar-refractivity contribution in [2.75, 3.05) is 32.9 Å². The lowest BCUT2D eigenvalue weighted by atomic mass is 10.0. The van der Waals surface area contributed by atoms with Gasteiger partial charge in [0, 0.05) is 18.7 Å². The number of morpholine rings is 1. The summed E-state index contributed by atoms with van der Waals surface area (Å²) in [5.74, 6) is -0.926. The maximum Gasteiger partial charge on any atom is 0.338 e. The molecule has 1 heterocycles. The maximum atomic E-state index is 12.6. The molecule has 1 aliphatic heterocycles. The summed E-state index contributed by atoms with van der Waals surface area (Å²) < 4.78 is 36.9. The van der Waals surface area contributed by atoms with Gasteiger partial charge in [0.25, 0.3) is 0 Å². The highest BCUT2D eigenvalue weighted by molar-refractivity contribution is 7.89. The van der Waals surface area contributed by atoms with Gasteiger partial charge in [0.05, 0.1) is 23.7 Å². The first kappa shape index (κ1) is 20.7. The van der Waals surface area contributed by atoms with Crippen LogP contribution in [0.2, 0.25) is 0 Å². The van der Waals surface area contributed by atoms with Crippen LogP contribution in [0.1, 0.15) is 38.3 Å². The number of hydrogen-bond acceptors (Lipinski definition) is 6. The van der Waals surface area contributed by atoms with E-state index in [-0.39, 0.29) is 22.8 Å². The maximum absolute atomic E-state index is 12.6. The number of ketones is 1. The lowest BCUT2D eigenvalue weighted by Gasteiger charge is -2.26. The lowest BCUT2D eigenvalue weighted by Crippen LogP contribution is -2.40. The monoisotopic (exact) mass is 429 g/mol. The van der Waals surface area contributed by atoms with E-state index in [2.05, 4.69) is 0 Å². The van der Waals surface area contributed by atoms with Gasteiger partial charge in [-0.15, -0.1) is 0 Å². The number of aryl methyl sites for hydroxylation is 2. The second kappa shape index (κ2) is 8.67. The number of Topliss-reactive ketones (excluding diaryl/α,β-unsaturated/α-hetero) is 1. The van der Waals surface area contributed by atoms with Crippen molar-refractivity contribution in [3.8, 4) is 0 Å². The Hall–Kier alpha value is -2.55. The molecule has 30 heavy (non-hydrogen) atoms. The number of esters is 1. The number of sulfonamides is 1. The van der Waals surface area contributed by atoms with Crippen LogP contribution in [0.5, 0.6) is 0 Å². The van der Waals surface area contributed by atoms with Crippen LogP contribution in [0.15, 0.2) is 47.4 Å². The molecule has 0 unspecified atom stereocenters. The molecular weight excluding hydrogens is 406 g/mol. The zero-order valence-corrected chi connectivity index (χ0v) is 17.3. The largest absolute Gasteiger partial charge is 0.454 e. The number of hydrogen-bond donors (Lipinski definition) is 0. The summed E-state index contributed by atoms with van der Waals surface area (Å²) in [6, 6.07) is 11.2. The zero-order chi connectivity index (χ0) is 21.1. The molecule has 7 nitrogen and oxygen atoms in total. The van der Waals surface area contributed by atoms with E-state index >= 15 is 0 Å². The first-order valence-electron chi connectivity index (χ1n) is 9.95. The third-order valence-electron chi connectivity index (χ3n) is 5.45. The van der Waals surface area contributed by atoms with Crippen molar-refractivity contribution in [1.82, 2.24) is 4.31 Å². The Bertz CT molecular complexity index is 1060. The van der Waals surface area contributed by atoms with Crippen molar-refractivity contribution in [2.24, 2.45) is 0 Å². The van der Waals surface area contributed by atoms with Gasteiger partial charge in [-0.1, -0.05) is 12.1 Å². The first-order valence-corrected chi connectivity index (χ1v) is 11.4. The molecule has 0 spiro atoms. The molecular formula is C22H23NO6S. The summed E-state index contributed by atoms with van der Waals surface area (Å²) in [6.07, 6.45) is 3.10. The van der Waals surface area contributed by atoms with Gasteiger partial charge < -0.3 is 9.47 Å². The fourth-order valence-corrected chi connectivity index (χ4v) is 5.15. The SMILES string of the molecule is O=C(COC(=O)c1ccc(S(=O)(=O)N2CCOCC2)cc1)c1ccc2c(c1)CCC2. The number of nitrogens with zero attached hydrogens (tertiary/aromatic N) is 1. The fourth-order valence-electron chi connectivity index (χ4n) is 3.74. The van der Waals surface area contributed by atoms with Gasteiger partial charge in [-0.3, -0.25) is 4.79 Å². The normalized spacial score (nSPS) is 16.8. The minimum atomic E-state index is -3.62. The number of carbonyl (C=O) groups excluding carboxylic acids is 2. The van der Waals surface area contributed by atoms with Crippen molar-refractivity contribution in [1.29, 1.82) is 0 Å².